The number of ether oxygens (including phenoxy) is 1. The third-order valence-electron chi connectivity index (χ3n) is 7.71. The minimum absolute atomic E-state index is 0.0179. The molecule has 4 heterocycles. The number of aryl methyl sites for hydroxylation is 2. The standard InChI is InChI=1S/C26H30N4O4S/c31-26(28-12-14-34-15-13-28)24-18-27-30-11-8-22(17-25(24)30)20-6-9-29(10-7-20)35(32,33)23-5-4-19-2-1-3-21(19)16-23/h4-5,8,11,16-18,20H,1-3,6-7,9-10,12-15H2. The molecule has 0 atom stereocenters. The van der Waals surface area contributed by atoms with Gasteiger partial charge in [0.15, 0.2) is 0 Å². The number of hydrogen-bond donors (Lipinski definition) is 0. The van der Waals surface area contributed by atoms with Crippen LogP contribution in [0, 0.1) is 0 Å². The Morgan fingerprint density at radius 2 is 1.74 bits per heavy atom. The normalized spacial score (nSPS) is 19.8. The van der Waals surface area contributed by atoms with E-state index in [0.717, 1.165) is 43.2 Å². The second-order valence-corrected chi connectivity index (χ2v) is 11.7. The number of morpholine rings is 1. The molecule has 0 bridgehead atoms. The van der Waals surface area contributed by atoms with Crippen LogP contribution in [0.4, 0.5) is 0 Å². The molecule has 9 heteroatoms. The number of carbonyl (C=O) groups is 1. The van der Waals surface area contributed by atoms with Crippen molar-refractivity contribution >= 4 is 21.4 Å². The van der Waals surface area contributed by atoms with Gasteiger partial charge in [-0.3, -0.25) is 4.79 Å². The predicted octanol–water partition coefficient (Wildman–Crippen LogP) is 2.86. The SMILES string of the molecule is O=C(c1cnn2ccc(C3CCN(S(=O)(=O)c4ccc5c(c4)CCC5)CC3)cc12)N1CCOCC1. The second-order valence-electron chi connectivity index (χ2n) is 9.72. The average molecular weight is 495 g/mol. The van der Waals surface area contributed by atoms with E-state index in [2.05, 4.69) is 11.2 Å². The van der Waals surface area contributed by atoms with Crippen LogP contribution in [0.1, 0.15) is 52.2 Å². The number of pyridine rings is 1. The summed E-state index contributed by atoms with van der Waals surface area (Å²) in [5.74, 6) is 0.225. The van der Waals surface area contributed by atoms with Crippen molar-refractivity contribution in [3.63, 3.8) is 0 Å². The summed E-state index contributed by atoms with van der Waals surface area (Å²) in [6.07, 6.45) is 8.15. The summed E-state index contributed by atoms with van der Waals surface area (Å²) >= 11 is 0. The van der Waals surface area contributed by atoms with Crippen molar-refractivity contribution in [1.29, 1.82) is 0 Å². The van der Waals surface area contributed by atoms with Crippen LogP contribution in [0.2, 0.25) is 0 Å². The average Bonchev–Trinajstić information content (AvgIpc) is 3.55. The maximum atomic E-state index is 13.3. The van der Waals surface area contributed by atoms with Gasteiger partial charge in [-0.2, -0.15) is 9.40 Å². The van der Waals surface area contributed by atoms with Crippen LogP contribution in [-0.4, -0.2) is 72.5 Å². The summed E-state index contributed by atoms with van der Waals surface area (Å²) in [5, 5.41) is 4.37. The van der Waals surface area contributed by atoms with Gasteiger partial charge in [-0.25, -0.2) is 12.9 Å². The van der Waals surface area contributed by atoms with Crippen molar-refractivity contribution in [2.75, 3.05) is 39.4 Å². The zero-order chi connectivity index (χ0) is 24.0. The number of sulfonamides is 1. The molecule has 3 aliphatic rings. The zero-order valence-corrected chi connectivity index (χ0v) is 20.5. The van der Waals surface area contributed by atoms with E-state index in [1.54, 1.807) is 21.1 Å². The van der Waals surface area contributed by atoms with E-state index < -0.39 is 10.0 Å². The molecular weight excluding hydrogens is 464 g/mol. The fraction of sp³-hybridized carbons (Fsp3) is 0.462. The fourth-order valence-electron chi connectivity index (χ4n) is 5.64. The smallest absolute Gasteiger partial charge is 0.257 e. The highest BCUT2D eigenvalue weighted by Gasteiger charge is 2.31. The maximum absolute atomic E-state index is 13.3. The molecule has 1 aliphatic carbocycles. The molecule has 0 spiro atoms. The molecule has 1 aromatic carbocycles. The van der Waals surface area contributed by atoms with Crippen LogP contribution in [0.15, 0.2) is 47.6 Å². The van der Waals surface area contributed by atoms with E-state index in [0.29, 0.717) is 49.9 Å². The van der Waals surface area contributed by atoms with Crippen molar-refractivity contribution in [2.45, 2.75) is 42.9 Å². The summed E-state index contributed by atoms with van der Waals surface area (Å²) in [6, 6.07) is 9.73. The highest BCUT2D eigenvalue weighted by molar-refractivity contribution is 7.89. The topological polar surface area (TPSA) is 84.2 Å². The fourth-order valence-corrected chi connectivity index (χ4v) is 7.16. The number of benzene rings is 1. The Balaban J connectivity index is 1.18. The van der Waals surface area contributed by atoms with Gasteiger partial charge in [0.25, 0.3) is 5.91 Å². The molecule has 2 aromatic heterocycles. The Kier molecular flexibility index (Phi) is 5.86. The van der Waals surface area contributed by atoms with Crippen LogP contribution in [-0.2, 0) is 27.6 Å². The van der Waals surface area contributed by atoms with Crippen molar-refractivity contribution in [1.82, 2.24) is 18.8 Å². The lowest BCUT2D eigenvalue weighted by molar-refractivity contribution is 0.0304. The molecule has 3 aromatic rings. The Labute approximate surface area is 205 Å². The minimum atomic E-state index is -3.49. The molecule has 184 valence electrons. The van der Waals surface area contributed by atoms with Crippen LogP contribution in [0.3, 0.4) is 0 Å². The molecule has 2 saturated heterocycles. The maximum Gasteiger partial charge on any atom is 0.257 e. The Hall–Kier alpha value is -2.75. The zero-order valence-electron chi connectivity index (χ0n) is 19.7. The first kappa shape index (κ1) is 22.7. The van der Waals surface area contributed by atoms with E-state index in [1.165, 1.54) is 11.1 Å². The van der Waals surface area contributed by atoms with Crippen LogP contribution >= 0.6 is 0 Å². The Morgan fingerprint density at radius 3 is 2.54 bits per heavy atom. The first-order chi connectivity index (χ1) is 17.0. The summed E-state index contributed by atoms with van der Waals surface area (Å²) in [5.41, 5.74) is 4.99. The van der Waals surface area contributed by atoms with Crippen molar-refractivity contribution in [3.05, 3.63) is 65.0 Å². The number of amides is 1. The molecule has 0 unspecified atom stereocenters. The van der Waals surface area contributed by atoms with Gasteiger partial charge in [-0.1, -0.05) is 6.07 Å². The van der Waals surface area contributed by atoms with Crippen molar-refractivity contribution in [3.8, 4) is 0 Å². The number of aromatic nitrogens is 2. The van der Waals surface area contributed by atoms with Crippen LogP contribution in [0.25, 0.3) is 5.52 Å². The number of nitrogens with zero attached hydrogens (tertiary/aromatic N) is 4. The van der Waals surface area contributed by atoms with Gasteiger partial charge in [-0.05, 0) is 79.0 Å². The second kappa shape index (κ2) is 9.04. The molecule has 8 nitrogen and oxygen atoms in total. The van der Waals surface area contributed by atoms with E-state index in [9.17, 15) is 13.2 Å². The van der Waals surface area contributed by atoms with Crippen molar-refractivity contribution < 1.29 is 17.9 Å². The van der Waals surface area contributed by atoms with Gasteiger partial charge < -0.3 is 9.64 Å². The number of carbonyl (C=O) groups excluding carboxylic acids is 1. The monoisotopic (exact) mass is 494 g/mol. The molecule has 6 rings (SSSR count). The summed E-state index contributed by atoms with van der Waals surface area (Å²) in [4.78, 5) is 15.3. The van der Waals surface area contributed by atoms with E-state index in [4.69, 9.17) is 4.74 Å². The molecule has 2 fully saturated rings. The van der Waals surface area contributed by atoms with Crippen molar-refractivity contribution in [2.24, 2.45) is 0 Å². The van der Waals surface area contributed by atoms with Gasteiger partial charge in [0.2, 0.25) is 10.0 Å². The van der Waals surface area contributed by atoms with Crippen LogP contribution < -0.4 is 0 Å². The largest absolute Gasteiger partial charge is 0.378 e. The van der Waals surface area contributed by atoms with Gasteiger partial charge >= 0.3 is 0 Å². The molecule has 0 N–H and O–H groups in total. The highest BCUT2D eigenvalue weighted by atomic mass is 32.2. The number of fused-ring (bicyclic) bond motifs is 2. The number of piperidine rings is 1. The summed E-state index contributed by atoms with van der Waals surface area (Å²) < 4.78 is 35.3. The van der Waals surface area contributed by atoms with E-state index >= 15 is 0 Å². The summed E-state index contributed by atoms with van der Waals surface area (Å²) in [7, 11) is -3.49. The van der Waals surface area contributed by atoms with Gasteiger partial charge in [0, 0.05) is 32.4 Å². The molecule has 2 aliphatic heterocycles. The third kappa shape index (κ3) is 4.15. The quantitative estimate of drug-likeness (QED) is 0.557. The Morgan fingerprint density at radius 1 is 0.971 bits per heavy atom. The van der Waals surface area contributed by atoms with Crippen LogP contribution in [0.5, 0.6) is 0 Å². The number of hydrogen-bond acceptors (Lipinski definition) is 5. The lowest BCUT2D eigenvalue weighted by atomic mass is 9.90. The highest BCUT2D eigenvalue weighted by Crippen LogP contribution is 2.33. The molecule has 0 saturated carbocycles. The summed E-state index contributed by atoms with van der Waals surface area (Å²) in [6.45, 7) is 3.29. The molecular formula is C26H30N4O4S. The predicted molar refractivity (Wildman–Crippen MR) is 131 cm³/mol. The molecule has 35 heavy (non-hydrogen) atoms. The lowest BCUT2D eigenvalue weighted by Crippen LogP contribution is -2.40. The molecule has 0 radical (unpaired) electrons. The number of rotatable bonds is 4. The minimum Gasteiger partial charge on any atom is -0.378 e. The Bertz CT molecular complexity index is 1370. The van der Waals surface area contributed by atoms with E-state index in [1.807, 2.05) is 29.3 Å². The van der Waals surface area contributed by atoms with E-state index in [-0.39, 0.29) is 11.8 Å². The lowest BCUT2D eigenvalue weighted by Gasteiger charge is -2.31. The van der Waals surface area contributed by atoms with Gasteiger partial charge in [0.1, 0.15) is 0 Å². The van der Waals surface area contributed by atoms with Gasteiger partial charge in [-0.15, -0.1) is 0 Å². The first-order valence-corrected chi connectivity index (χ1v) is 13.9. The third-order valence-corrected chi connectivity index (χ3v) is 9.60. The first-order valence-electron chi connectivity index (χ1n) is 12.5. The van der Waals surface area contributed by atoms with Gasteiger partial charge in [0.05, 0.1) is 35.4 Å². The molecule has 1 amide bonds.